The maximum absolute atomic E-state index is 13.1. The summed E-state index contributed by atoms with van der Waals surface area (Å²) in [6, 6.07) is 16.0. The number of piperidine rings is 1. The Bertz CT molecular complexity index is 1180. The van der Waals surface area contributed by atoms with Gasteiger partial charge in [0.2, 0.25) is 5.91 Å². The van der Waals surface area contributed by atoms with E-state index in [2.05, 4.69) is 40.6 Å². The van der Waals surface area contributed by atoms with Crippen LogP contribution >= 0.6 is 0 Å². The van der Waals surface area contributed by atoms with Gasteiger partial charge in [0.05, 0.1) is 5.54 Å². The lowest BCUT2D eigenvalue weighted by atomic mass is 9.71. The van der Waals surface area contributed by atoms with Gasteiger partial charge in [0.25, 0.3) is 5.91 Å². The molecule has 6 heteroatoms. The Balaban J connectivity index is 1.23. The fourth-order valence-corrected chi connectivity index (χ4v) is 5.34. The monoisotopic (exact) mass is 458 g/mol. The van der Waals surface area contributed by atoms with Crippen LogP contribution in [0.2, 0.25) is 0 Å². The molecule has 2 fully saturated rings. The average Bonchev–Trinajstić information content (AvgIpc) is 3.24. The summed E-state index contributed by atoms with van der Waals surface area (Å²) >= 11 is 0. The van der Waals surface area contributed by atoms with Gasteiger partial charge in [-0.15, -0.1) is 0 Å². The maximum Gasteiger partial charge on any atom is 0.268 e. The van der Waals surface area contributed by atoms with Crippen molar-refractivity contribution >= 4 is 28.4 Å². The number of aromatic nitrogens is 1. The molecule has 1 aliphatic carbocycles. The molecule has 178 valence electrons. The van der Waals surface area contributed by atoms with Gasteiger partial charge in [0, 0.05) is 23.0 Å². The highest BCUT2D eigenvalue weighted by atomic mass is 16.2. The number of aromatic amines is 1. The Hall–Kier alpha value is -3.12. The van der Waals surface area contributed by atoms with E-state index in [0.29, 0.717) is 18.0 Å². The number of hydrogen-bond donors (Lipinski definition) is 3. The van der Waals surface area contributed by atoms with Crippen LogP contribution in [0.1, 0.15) is 60.1 Å². The third-order valence-electron chi connectivity index (χ3n) is 7.72. The third-order valence-corrected chi connectivity index (χ3v) is 7.72. The van der Waals surface area contributed by atoms with Gasteiger partial charge in [-0.3, -0.25) is 9.59 Å². The number of benzene rings is 2. The lowest BCUT2D eigenvalue weighted by molar-refractivity contribution is -0.117. The van der Waals surface area contributed by atoms with Crippen molar-refractivity contribution < 1.29 is 9.59 Å². The molecule has 34 heavy (non-hydrogen) atoms. The molecule has 1 saturated carbocycles. The number of aryl methyl sites for hydroxylation is 1. The number of amides is 2. The number of rotatable bonds is 6. The zero-order valence-corrected chi connectivity index (χ0v) is 20.1. The van der Waals surface area contributed by atoms with Crippen LogP contribution in [0.5, 0.6) is 0 Å². The molecular weight excluding hydrogens is 424 g/mol. The first-order valence-electron chi connectivity index (χ1n) is 12.4. The van der Waals surface area contributed by atoms with E-state index in [4.69, 9.17) is 0 Å². The Morgan fingerprint density at radius 3 is 2.47 bits per heavy atom. The van der Waals surface area contributed by atoms with Crippen LogP contribution in [0.15, 0.2) is 48.5 Å². The molecule has 2 aliphatic rings. The van der Waals surface area contributed by atoms with Crippen molar-refractivity contribution in [3.05, 3.63) is 65.4 Å². The van der Waals surface area contributed by atoms with Gasteiger partial charge in [-0.1, -0.05) is 24.3 Å². The summed E-state index contributed by atoms with van der Waals surface area (Å²) in [6.45, 7) is 4.19. The van der Waals surface area contributed by atoms with Crippen molar-refractivity contribution in [1.29, 1.82) is 0 Å². The molecule has 3 N–H and O–H groups in total. The van der Waals surface area contributed by atoms with Crippen LogP contribution in [0.3, 0.4) is 0 Å². The zero-order chi connectivity index (χ0) is 23.7. The van der Waals surface area contributed by atoms with Crippen molar-refractivity contribution in [2.45, 2.75) is 51.0 Å². The Kier molecular flexibility index (Phi) is 6.17. The van der Waals surface area contributed by atoms with Gasteiger partial charge in [-0.2, -0.15) is 0 Å². The van der Waals surface area contributed by atoms with Gasteiger partial charge in [0.15, 0.2) is 0 Å². The van der Waals surface area contributed by atoms with Crippen molar-refractivity contribution in [1.82, 2.24) is 15.2 Å². The number of carbonyl (C=O) groups is 2. The van der Waals surface area contributed by atoms with Crippen molar-refractivity contribution in [2.24, 2.45) is 5.92 Å². The fourth-order valence-electron chi connectivity index (χ4n) is 5.34. The minimum absolute atomic E-state index is 0.0780. The summed E-state index contributed by atoms with van der Waals surface area (Å²) in [4.78, 5) is 31.2. The molecule has 5 rings (SSSR count). The van der Waals surface area contributed by atoms with Crippen molar-refractivity contribution in [3.63, 3.8) is 0 Å². The molecule has 3 aromatic rings. The molecule has 0 bridgehead atoms. The largest absolute Gasteiger partial charge is 0.351 e. The number of hydrogen-bond acceptors (Lipinski definition) is 3. The van der Waals surface area contributed by atoms with Gasteiger partial charge in [0.1, 0.15) is 5.69 Å². The zero-order valence-electron chi connectivity index (χ0n) is 20.1. The number of nitrogens with zero attached hydrogens (tertiary/aromatic N) is 1. The second-order valence-corrected chi connectivity index (χ2v) is 10.2. The first-order valence-corrected chi connectivity index (χ1v) is 12.4. The SMILES string of the molecule is Cc1cccc2[nH]c(C(=O)NC3(c4ccc(NC(=O)CC5CCN(C)CC5)cc4)CCC3)cc12. The number of likely N-dealkylation sites (tertiary alicyclic amines) is 1. The average molecular weight is 459 g/mol. The molecule has 6 nitrogen and oxygen atoms in total. The molecule has 1 aliphatic heterocycles. The summed E-state index contributed by atoms with van der Waals surface area (Å²) in [5.74, 6) is 0.478. The van der Waals surface area contributed by atoms with Crippen LogP contribution in [0.4, 0.5) is 5.69 Å². The van der Waals surface area contributed by atoms with Gasteiger partial charge in [-0.25, -0.2) is 0 Å². The highest BCUT2D eigenvalue weighted by molar-refractivity contribution is 5.99. The fraction of sp³-hybridized carbons (Fsp3) is 0.429. The van der Waals surface area contributed by atoms with E-state index in [0.717, 1.165) is 72.9 Å². The number of H-pyrrole nitrogens is 1. The number of carbonyl (C=O) groups excluding carboxylic acids is 2. The van der Waals surface area contributed by atoms with E-state index >= 15 is 0 Å². The highest BCUT2D eigenvalue weighted by Gasteiger charge is 2.40. The Morgan fingerprint density at radius 1 is 1.09 bits per heavy atom. The van der Waals surface area contributed by atoms with Crippen LogP contribution in [-0.2, 0) is 10.3 Å². The summed E-state index contributed by atoms with van der Waals surface area (Å²) in [7, 11) is 2.14. The van der Waals surface area contributed by atoms with E-state index in [1.807, 2.05) is 42.5 Å². The lowest BCUT2D eigenvalue weighted by Crippen LogP contribution is -2.50. The maximum atomic E-state index is 13.1. The smallest absolute Gasteiger partial charge is 0.268 e. The standard InChI is InChI=1S/C28H34N4O2/c1-19-5-3-6-24-23(19)18-25(30-24)27(34)31-28(13-4-14-28)21-7-9-22(10-8-21)29-26(33)17-20-11-15-32(2)16-12-20/h3,5-10,18,20,30H,4,11-17H2,1-2H3,(H,29,33)(H,31,34). The van der Waals surface area contributed by atoms with Crippen LogP contribution < -0.4 is 10.6 Å². The molecular formula is C28H34N4O2. The van der Waals surface area contributed by atoms with Crippen LogP contribution in [0.25, 0.3) is 10.9 Å². The van der Waals surface area contributed by atoms with Gasteiger partial charge in [-0.05, 0) is 100 Å². The predicted octanol–water partition coefficient (Wildman–Crippen LogP) is 4.96. The Labute approximate surface area is 201 Å². The van der Waals surface area contributed by atoms with Crippen molar-refractivity contribution in [2.75, 3.05) is 25.5 Å². The molecule has 0 atom stereocenters. The van der Waals surface area contributed by atoms with Gasteiger partial charge >= 0.3 is 0 Å². The first-order chi connectivity index (χ1) is 16.4. The molecule has 1 aromatic heterocycles. The lowest BCUT2D eigenvalue weighted by Gasteiger charge is -2.43. The summed E-state index contributed by atoms with van der Waals surface area (Å²) in [6.07, 6.45) is 5.67. The van der Waals surface area contributed by atoms with Crippen LogP contribution in [0, 0.1) is 12.8 Å². The molecule has 0 radical (unpaired) electrons. The van der Waals surface area contributed by atoms with Crippen molar-refractivity contribution in [3.8, 4) is 0 Å². The molecule has 1 saturated heterocycles. The number of nitrogens with one attached hydrogen (secondary N) is 3. The summed E-state index contributed by atoms with van der Waals surface area (Å²) < 4.78 is 0. The van der Waals surface area contributed by atoms with E-state index in [-0.39, 0.29) is 17.4 Å². The number of anilines is 1. The minimum atomic E-state index is -0.347. The molecule has 2 heterocycles. The second-order valence-electron chi connectivity index (χ2n) is 10.2. The highest BCUT2D eigenvalue weighted by Crippen LogP contribution is 2.42. The second kappa shape index (κ2) is 9.26. The molecule has 0 unspecified atom stereocenters. The topological polar surface area (TPSA) is 77.2 Å². The normalized spacial score (nSPS) is 18.4. The summed E-state index contributed by atoms with van der Waals surface area (Å²) in [5.41, 5.74) is 4.28. The van der Waals surface area contributed by atoms with E-state index in [1.165, 1.54) is 0 Å². The van der Waals surface area contributed by atoms with Gasteiger partial charge < -0.3 is 20.5 Å². The van der Waals surface area contributed by atoms with E-state index < -0.39 is 0 Å². The minimum Gasteiger partial charge on any atom is -0.351 e. The number of fused-ring (bicyclic) bond motifs is 1. The molecule has 2 amide bonds. The van der Waals surface area contributed by atoms with E-state index in [9.17, 15) is 9.59 Å². The predicted molar refractivity (Wildman–Crippen MR) is 136 cm³/mol. The molecule has 2 aromatic carbocycles. The molecule has 0 spiro atoms. The Morgan fingerprint density at radius 2 is 1.82 bits per heavy atom. The first kappa shape index (κ1) is 22.7. The van der Waals surface area contributed by atoms with Crippen LogP contribution in [-0.4, -0.2) is 41.8 Å². The summed E-state index contributed by atoms with van der Waals surface area (Å²) in [5, 5.41) is 7.44. The quantitative estimate of drug-likeness (QED) is 0.489. The van der Waals surface area contributed by atoms with E-state index in [1.54, 1.807) is 0 Å². The third kappa shape index (κ3) is 4.60.